The Labute approximate surface area is 121 Å². The summed E-state index contributed by atoms with van der Waals surface area (Å²) in [6.07, 6.45) is 0.302. The van der Waals surface area contributed by atoms with Crippen molar-refractivity contribution in [3.05, 3.63) is 0 Å². The van der Waals surface area contributed by atoms with E-state index in [1.54, 1.807) is 0 Å². The molecule has 1 N–H and O–H groups in total. The molecule has 1 aliphatic heterocycles. The molecule has 112 valence electrons. The van der Waals surface area contributed by atoms with Gasteiger partial charge < -0.3 is 10.0 Å². The van der Waals surface area contributed by atoms with Crippen LogP contribution in [0, 0.1) is 0 Å². The van der Waals surface area contributed by atoms with E-state index in [2.05, 4.69) is 0 Å². The van der Waals surface area contributed by atoms with Crippen molar-refractivity contribution in [1.29, 1.82) is 0 Å². The predicted octanol–water partition coefficient (Wildman–Crippen LogP) is -0.201. The molecule has 0 aliphatic carbocycles. The van der Waals surface area contributed by atoms with E-state index in [0.29, 0.717) is 5.75 Å². The van der Waals surface area contributed by atoms with Crippen LogP contribution in [0.5, 0.6) is 0 Å². The number of rotatable bonds is 6. The molecule has 0 aromatic rings. The molecule has 1 saturated heterocycles. The number of hydrogen-bond donors (Lipinski definition) is 1. The molecule has 0 spiro atoms. The van der Waals surface area contributed by atoms with Crippen molar-refractivity contribution in [2.75, 3.05) is 19.8 Å². The summed E-state index contributed by atoms with van der Waals surface area (Å²) in [4.78, 5) is 47.7. The van der Waals surface area contributed by atoms with Crippen LogP contribution in [0.25, 0.3) is 0 Å². The minimum absolute atomic E-state index is 0.139. The maximum Gasteiger partial charge on any atom is 0.326 e. The third kappa shape index (κ3) is 3.72. The first-order valence-corrected chi connectivity index (χ1v) is 7.21. The van der Waals surface area contributed by atoms with Crippen molar-refractivity contribution >= 4 is 35.5 Å². The highest BCUT2D eigenvalue weighted by atomic mass is 32.2. The molecule has 3 amide bonds. The Balaban J connectivity index is 2.38. The minimum atomic E-state index is -1.06. The third-order valence-corrected chi connectivity index (χ3v) is 4.52. The van der Waals surface area contributed by atoms with Gasteiger partial charge >= 0.3 is 5.97 Å². The topological polar surface area (TPSA) is 95.0 Å². The Hall–Kier alpha value is -1.57. The number of likely N-dealkylation sites (N-methyl/N-ethyl adjacent to an activating group) is 1. The molecule has 2 unspecified atom stereocenters. The number of thioether (sulfide) groups is 1. The van der Waals surface area contributed by atoms with Gasteiger partial charge in [0.25, 0.3) is 0 Å². The van der Waals surface area contributed by atoms with Crippen LogP contribution in [0.4, 0.5) is 0 Å². The van der Waals surface area contributed by atoms with E-state index < -0.39 is 17.3 Å². The van der Waals surface area contributed by atoms with E-state index >= 15 is 0 Å². The first-order valence-electron chi connectivity index (χ1n) is 6.16. The largest absolute Gasteiger partial charge is 0.480 e. The number of amides is 3. The van der Waals surface area contributed by atoms with E-state index in [4.69, 9.17) is 5.11 Å². The van der Waals surface area contributed by atoms with Gasteiger partial charge in [0.05, 0.1) is 5.25 Å². The van der Waals surface area contributed by atoms with Gasteiger partial charge in [-0.2, -0.15) is 0 Å². The molecule has 0 radical (unpaired) electrons. The number of hydrogen-bond acceptors (Lipinski definition) is 5. The van der Waals surface area contributed by atoms with Crippen LogP contribution in [0.3, 0.4) is 0 Å². The number of carboxylic acids is 1. The maximum atomic E-state index is 11.8. The molecule has 1 aliphatic rings. The maximum absolute atomic E-state index is 11.8. The normalized spacial score (nSPS) is 20.1. The zero-order valence-electron chi connectivity index (χ0n) is 11.7. The molecule has 0 aromatic heterocycles. The second-order valence-electron chi connectivity index (χ2n) is 4.62. The van der Waals surface area contributed by atoms with Crippen molar-refractivity contribution in [3.8, 4) is 0 Å². The van der Waals surface area contributed by atoms with Gasteiger partial charge in [-0.15, -0.1) is 11.8 Å². The van der Waals surface area contributed by atoms with Gasteiger partial charge in [-0.05, 0) is 6.92 Å². The molecule has 0 bridgehead atoms. The Morgan fingerprint density at radius 2 is 2.10 bits per heavy atom. The van der Waals surface area contributed by atoms with Gasteiger partial charge in [-0.25, -0.2) is 4.79 Å². The van der Waals surface area contributed by atoms with Crippen LogP contribution in [-0.4, -0.2) is 69.7 Å². The fourth-order valence-electron chi connectivity index (χ4n) is 1.70. The van der Waals surface area contributed by atoms with Crippen LogP contribution in [0.15, 0.2) is 0 Å². The lowest BCUT2D eigenvalue weighted by Crippen LogP contribution is -2.40. The lowest BCUT2D eigenvalue weighted by molar-refractivity contribution is -0.148. The highest BCUT2D eigenvalue weighted by Crippen LogP contribution is 2.24. The molecule has 1 heterocycles. The van der Waals surface area contributed by atoms with E-state index in [1.807, 2.05) is 0 Å². The molecule has 8 heteroatoms. The molecular weight excluding hydrogens is 284 g/mol. The quantitative estimate of drug-likeness (QED) is 0.683. The van der Waals surface area contributed by atoms with Crippen molar-refractivity contribution in [1.82, 2.24) is 9.80 Å². The van der Waals surface area contributed by atoms with Crippen molar-refractivity contribution in [2.24, 2.45) is 0 Å². The SMILES string of the molecule is CC(C(=O)O)N(C)C(=O)CCSC1CC(=O)N(C)C1=O. The number of nitrogens with zero attached hydrogens (tertiary/aromatic N) is 2. The van der Waals surface area contributed by atoms with Crippen molar-refractivity contribution < 1.29 is 24.3 Å². The summed E-state index contributed by atoms with van der Waals surface area (Å²) in [5.41, 5.74) is 0. The highest BCUT2D eigenvalue weighted by Gasteiger charge is 2.36. The van der Waals surface area contributed by atoms with Gasteiger partial charge in [-0.3, -0.25) is 19.3 Å². The first kappa shape index (κ1) is 16.5. The summed E-state index contributed by atoms with van der Waals surface area (Å²) in [6.45, 7) is 1.43. The second kappa shape index (κ2) is 6.74. The third-order valence-electron chi connectivity index (χ3n) is 3.31. The van der Waals surface area contributed by atoms with E-state index in [-0.39, 0.29) is 30.6 Å². The smallest absolute Gasteiger partial charge is 0.326 e. The fourth-order valence-corrected chi connectivity index (χ4v) is 2.84. The van der Waals surface area contributed by atoms with Gasteiger partial charge in [-0.1, -0.05) is 0 Å². The van der Waals surface area contributed by atoms with Gasteiger partial charge in [0.15, 0.2) is 0 Å². The van der Waals surface area contributed by atoms with Gasteiger partial charge in [0, 0.05) is 32.7 Å². The summed E-state index contributed by atoms with van der Waals surface area (Å²) >= 11 is 1.26. The van der Waals surface area contributed by atoms with Crippen LogP contribution in [-0.2, 0) is 19.2 Å². The van der Waals surface area contributed by atoms with E-state index in [0.717, 1.165) is 9.80 Å². The minimum Gasteiger partial charge on any atom is -0.480 e. The number of aliphatic carboxylic acids is 1. The summed E-state index contributed by atoms with van der Waals surface area (Å²) in [5.74, 6) is -1.42. The van der Waals surface area contributed by atoms with E-state index in [9.17, 15) is 19.2 Å². The standard InChI is InChI=1S/C12H18N2O5S/c1-7(12(18)19)13(2)9(15)4-5-20-8-6-10(16)14(3)11(8)17/h7-8H,4-6H2,1-3H3,(H,18,19). The molecule has 0 aromatic carbocycles. The molecule has 1 rings (SSSR count). The molecule has 7 nitrogen and oxygen atoms in total. The monoisotopic (exact) mass is 302 g/mol. The molecular formula is C12H18N2O5S. The number of carboxylic acid groups (broad SMARTS) is 1. The zero-order chi connectivity index (χ0) is 15.4. The second-order valence-corrected chi connectivity index (χ2v) is 5.93. The van der Waals surface area contributed by atoms with E-state index in [1.165, 1.54) is 32.8 Å². The Morgan fingerprint density at radius 3 is 2.55 bits per heavy atom. The number of carbonyl (C=O) groups is 4. The average Bonchev–Trinajstić information content (AvgIpc) is 2.64. The fraction of sp³-hybridized carbons (Fsp3) is 0.667. The number of carbonyl (C=O) groups excluding carboxylic acids is 3. The van der Waals surface area contributed by atoms with Crippen LogP contribution < -0.4 is 0 Å². The molecule has 20 heavy (non-hydrogen) atoms. The Morgan fingerprint density at radius 1 is 1.50 bits per heavy atom. The van der Waals surface area contributed by atoms with Crippen molar-refractivity contribution in [2.45, 2.75) is 31.1 Å². The average molecular weight is 302 g/mol. The van der Waals surface area contributed by atoms with Crippen LogP contribution in [0.2, 0.25) is 0 Å². The number of likely N-dealkylation sites (tertiary alicyclic amines) is 1. The Kier molecular flexibility index (Phi) is 5.55. The van der Waals surface area contributed by atoms with Gasteiger partial charge in [0.2, 0.25) is 17.7 Å². The highest BCUT2D eigenvalue weighted by molar-refractivity contribution is 8.00. The molecule has 0 saturated carbocycles. The summed E-state index contributed by atoms with van der Waals surface area (Å²) in [6, 6.07) is -0.881. The zero-order valence-corrected chi connectivity index (χ0v) is 12.5. The first-order chi connectivity index (χ1) is 9.25. The van der Waals surface area contributed by atoms with Crippen LogP contribution >= 0.6 is 11.8 Å². The van der Waals surface area contributed by atoms with Crippen molar-refractivity contribution in [3.63, 3.8) is 0 Å². The molecule has 2 atom stereocenters. The van der Waals surface area contributed by atoms with Crippen LogP contribution in [0.1, 0.15) is 19.8 Å². The molecule has 1 fully saturated rings. The summed E-state index contributed by atoms with van der Waals surface area (Å²) in [7, 11) is 2.88. The summed E-state index contributed by atoms with van der Waals surface area (Å²) < 4.78 is 0. The lowest BCUT2D eigenvalue weighted by atomic mass is 10.3. The van der Waals surface area contributed by atoms with Gasteiger partial charge in [0.1, 0.15) is 6.04 Å². The predicted molar refractivity (Wildman–Crippen MR) is 73.1 cm³/mol. The summed E-state index contributed by atoms with van der Waals surface area (Å²) in [5, 5.41) is 8.38. The lowest BCUT2D eigenvalue weighted by Gasteiger charge is -2.21. The Bertz CT molecular complexity index is 440. The number of imide groups is 1.